The van der Waals surface area contributed by atoms with Crippen LogP contribution in [0.5, 0.6) is 5.75 Å². The molecule has 0 aliphatic carbocycles. The maximum Gasteiger partial charge on any atom is 0.405 e. The molecule has 1 N–H and O–H groups in total. The van der Waals surface area contributed by atoms with E-state index in [0.717, 1.165) is 18.7 Å². The largest absolute Gasteiger partial charge is 0.492 e. The maximum atomic E-state index is 12.1. The van der Waals surface area contributed by atoms with Gasteiger partial charge in [-0.1, -0.05) is 0 Å². The first kappa shape index (κ1) is 18.2. The zero-order chi connectivity index (χ0) is 18.7. The highest BCUT2D eigenvalue weighted by molar-refractivity contribution is 5.94. The Hall–Kier alpha value is -2.55. The number of benzene rings is 1. The van der Waals surface area contributed by atoms with E-state index < -0.39 is 18.6 Å². The number of aromatic nitrogens is 2. The Morgan fingerprint density at radius 3 is 2.69 bits per heavy atom. The van der Waals surface area contributed by atoms with Gasteiger partial charge in [0.15, 0.2) is 0 Å². The topological polar surface area (TPSA) is 59.2 Å². The van der Waals surface area contributed by atoms with Crippen molar-refractivity contribution in [3.8, 4) is 5.75 Å². The number of aryl methyl sites for hydroxylation is 1. The number of hydrogen-bond acceptors (Lipinski definition) is 4. The summed E-state index contributed by atoms with van der Waals surface area (Å²) in [6, 6.07) is 6.38. The Balaban J connectivity index is 1.41. The summed E-state index contributed by atoms with van der Waals surface area (Å²) in [5.41, 5.74) is 1.30. The maximum absolute atomic E-state index is 12.1. The molecule has 0 radical (unpaired) electrons. The van der Waals surface area contributed by atoms with E-state index in [9.17, 15) is 18.0 Å². The van der Waals surface area contributed by atoms with Crippen LogP contribution in [-0.2, 0) is 13.6 Å². The van der Waals surface area contributed by atoms with Crippen LogP contribution >= 0.6 is 0 Å². The molecule has 3 rings (SSSR count). The van der Waals surface area contributed by atoms with Crippen molar-refractivity contribution in [2.75, 3.05) is 19.7 Å². The number of alkyl halides is 3. The Kier molecular flexibility index (Phi) is 5.17. The quantitative estimate of drug-likeness (QED) is 0.760. The fourth-order valence-electron chi connectivity index (χ4n) is 2.54. The van der Waals surface area contributed by atoms with Crippen LogP contribution < -0.4 is 10.1 Å². The van der Waals surface area contributed by atoms with Gasteiger partial charge in [-0.15, -0.1) is 0 Å². The highest BCUT2D eigenvalue weighted by Gasteiger charge is 2.34. The van der Waals surface area contributed by atoms with E-state index in [2.05, 4.69) is 10.00 Å². The van der Waals surface area contributed by atoms with Crippen LogP contribution in [0, 0.1) is 0 Å². The fraction of sp³-hybridized carbons (Fsp3) is 0.412. The van der Waals surface area contributed by atoms with E-state index >= 15 is 0 Å². The lowest BCUT2D eigenvalue weighted by Gasteiger charge is -2.09. The number of nitrogens with one attached hydrogen (secondary N) is 1. The number of rotatable bonds is 7. The Bertz CT molecular complexity index is 758. The van der Waals surface area contributed by atoms with Gasteiger partial charge < -0.3 is 10.1 Å². The van der Waals surface area contributed by atoms with Gasteiger partial charge in [0.25, 0.3) is 5.91 Å². The van der Waals surface area contributed by atoms with Gasteiger partial charge in [0.2, 0.25) is 0 Å². The van der Waals surface area contributed by atoms with Crippen LogP contribution in [0.15, 0.2) is 36.7 Å². The van der Waals surface area contributed by atoms with Gasteiger partial charge in [0, 0.05) is 37.5 Å². The Morgan fingerprint density at radius 2 is 2.08 bits per heavy atom. The molecule has 1 aromatic carbocycles. The molecule has 0 spiro atoms. The summed E-state index contributed by atoms with van der Waals surface area (Å²) in [5, 5.41) is 5.96. The van der Waals surface area contributed by atoms with Crippen LogP contribution in [0.3, 0.4) is 0 Å². The monoisotopic (exact) mass is 368 g/mol. The summed E-state index contributed by atoms with van der Waals surface area (Å²) in [6.45, 7) is 0.922. The number of hydrogen-bond donors (Lipinski definition) is 1. The van der Waals surface area contributed by atoms with Gasteiger partial charge in [-0.05, 0) is 24.3 Å². The zero-order valence-electron chi connectivity index (χ0n) is 14.2. The summed E-state index contributed by atoms with van der Waals surface area (Å²) in [4.78, 5) is 13.9. The average Bonchev–Trinajstić information content (AvgIpc) is 3.20. The molecule has 1 amide bonds. The van der Waals surface area contributed by atoms with E-state index in [1.807, 2.05) is 24.8 Å². The second kappa shape index (κ2) is 7.36. The standard InChI is InChI=1S/C17H19F3N4O2/c1-23-7-12(6-22-23)8-24-9-14(24)10-26-15-4-2-13(3-5-15)16(25)21-11-17(18,19)20/h2-7,14H,8-11H2,1H3,(H,21,25). The number of ether oxygens (including phenoxy) is 1. The first-order valence-corrected chi connectivity index (χ1v) is 8.09. The summed E-state index contributed by atoms with van der Waals surface area (Å²) >= 11 is 0. The molecule has 9 heteroatoms. The number of halogens is 3. The summed E-state index contributed by atoms with van der Waals surface area (Å²) in [5.74, 6) is -0.190. The third-order valence-electron chi connectivity index (χ3n) is 3.98. The van der Waals surface area contributed by atoms with E-state index in [-0.39, 0.29) is 5.56 Å². The molecule has 1 aromatic heterocycles. The molecule has 2 heterocycles. The summed E-state index contributed by atoms with van der Waals surface area (Å²) in [7, 11) is 1.87. The predicted molar refractivity (Wildman–Crippen MR) is 87.7 cm³/mol. The molecule has 2 unspecified atom stereocenters. The minimum atomic E-state index is -4.43. The van der Waals surface area contributed by atoms with Crippen LogP contribution in [0.1, 0.15) is 15.9 Å². The lowest BCUT2D eigenvalue weighted by atomic mass is 10.2. The van der Waals surface area contributed by atoms with Gasteiger partial charge in [0.05, 0.1) is 12.2 Å². The van der Waals surface area contributed by atoms with Crippen LogP contribution in [0.25, 0.3) is 0 Å². The van der Waals surface area contributed by atoms with Crippen molar-refractivity contribution >= 4 is 5.91 Å². The second-order valence-electron chi connectivity index (χ2n) is 6.24. The lowest BCUT2D eigenvalue weighted by Crippen LogP contribution is -2.33. The van der Waals surface area contributed by atoms with Crippen molar-refractivity contribution in [3.63, 3.8) is 0 Å². The molecule has 1 fully saturated rings. The minimum Gasteiger partial charge on any atom is -0.492 e. The number of amides is 1. The highest BCUT2D eigenvalue weighted by Crippen LogP contribution is 2.22. The fourth-order valence-corrected chi connectivity index (χ4v) is 2.54. The van der Waals surface area contributed by atoms with E-state index in [0.29, 0.717) is 18.4 Å². The van der Waals surface area contributed by atoms with Crippen molar-refractivity contribution in [2.45, 2.75) is 18.8 Å². The van der Waals surface area contributed by atoms with E-state index in [1.165, 1.54) is 12.1 Å². The molecule has 1 aliphatic heterocycles. The molecule has 2 aromatic rings. The molecule has 26 heavy (non-hydrogen) atoms. The molecule has 1 saturated heterocycles. The molecule has 0 bridgehead atoms. The minimum absolute atomic E-state index is 0.159. The highest BCUT2D eigenvalue weighted by atomic mass is 19.4. The van der Waals surface area contributed by atoms with Gasteiger partial charge in [0.1, 0.15) is 18.9 Å². The van der Waals surface area contributed by atoms with Gasteiger partial charge in [-0.2, -0.15) is 18.3 Å². The zero-order valence-corrected chi connectivity index (χ0v) is 14.2. The third-order valence-corrected chi connectivity index (χ3v) is 3.98. The number of carbonyl (C=O) groups is 1. The SMILES string of the molecule is Cn1cc(CN2CC2COc2ccc(C(=O)NCC(F)(F)F)cc2)cn1. The normalized spacial score (nSPS) is 19.2. The van der Waals surface area contributed by atoms with Crippen LogP contribution in [0.4, 0.5) is 13.2 Å². The van der Waals surface area contributed by atoms with E-state index in [4.69, 9.17) is 4.74 Å². The molecular formula is C17H19F3N4O2. The third kappa shape index (κ3) is 5.22. The first-order valence-electron chi connectivity index (χ1n) is 8.09. The van der Waals surface area contributed by atoms with Crippen molar-refractivity contribution < 1.29 is 22.7 Å². The van der Waals surface area contributed by atoms with Crippen LogP contribution in [-0.4, -0.2) is 52.5 Å². The van der Waals surface area contributed by atoms with Gasteiger partial charge in [-0.3, -0.25) is 14.4 Å². The number of carbonyl (C=O) groups excluding carboxylic acids is 1. The molecular weight excluding hydrogens is 349 g/mol. The van der Waals surface area contributed by atoms with Gasteiger partial charge >= 0.3 is 6.18 Å². The summed E-state index contributed by atoms with van der Waals surface area (Å²) in [6.07, 6.45) is -0.623. The van der Waals surface area contributed by atoms with Gasteiger partial charge in [-0.25, -0.2) is 0 Å². The van der Waals surface area contributed by atoms with Crippen LogP contribution in [0.2, 0.25) is 0 Å². The average molecular weight is 368 g/mol. The number of nitrogens with zero attached hydrogens (tertiary/aromatic N) is 3. The molecule has 6 nitrogen and oxygen atoms in total. The Labute approximate surface area is 148 Å². The van der Waals surface area contributed by atoms with E-state index in [1.54, 1.807) is 16.8 Å². The second-order valence-corrected chi connectivity index (χ2v) is 6.24. The lowest BCUT2D eigenvalue weighted by molar-refractivity contribution is -0.123. The first-order chi connectivity index (χ1) is 12.3. The van der Waals surface area contributed by atoms with Crippen molar-refractivity contribution in [1.82, 2.24) is 20.0 Å². The molecule has 0 saturated carbocycles. The van der Waals surface area contributed by atoms with Crippen molar-refractivity contribution in [1.29, 1.82) is 0 Å². The van der Waals surface area contributed by atoms with Crippen molar-refractivity contribution in [2.24, 2.45) is 7.05 Å². The van der Waals surface area contributed by atoms with Crippen molar-refractivity contribution in [3.05, 3.63) is 47.8 Å². The predicted octanol–water partition coefficient (Wildman–Crippen LogP) is 1.98. The smallest absolute Gasteiger partial charge is 0.405 e. The summed E-state index contributed by atoms with van der Waals surface area (Å²) < 4.78 is 43.8. The molecule has 140 valence electrons. The molecule has 1 aliphatic rings. The molecule has 2 atom stereocenters. The Morgan fingerprint density at radius 1 is 1.35 bits per heavy atom.